The molecule has 28 heavy (non-hydrogen) atoms. The summed E-state index contributed by atoms with van der Waals surface area (Å²) in [4.78, 5) is 0.936. The summed E-state index contributed by atoms with van der Waals surface area (Å²) in [5, 5.41) is 18.6. The maximum absolute atomic E-state index is 5.90. The van der Waals surface area contributed by atoms with Crippen LogP contribution < -0.4 is 9.47 Å². The molecule has 142 valence electrons. The van der Waals surface area contributed by atoms with Crippen LogP contribution >= 0.6 is 23.1 Å². The van der Waals surface area contributed by atoms with Gasteiger partial charge in [0.2, 0.25) is 12.0 Å². The Kier molecular flexibility index (Phi) is 4.49. The molecule has 3 aromatic heterocycles. The first-order valence-electron chi connectivity index (χ1n) is 8.52. The Bertz CT molecular complexity index is 1080. The van der Waals surface area contributed by atoms with Gasteiger partial charge in [-0.05, 0) is 30.5 Å². The highest BCUT2D eigenvalue weighted by atomic mass is 32.2. The Morgan fingerprint density at radius 2 is 1.93 bits per heavy atom. The van der Waals surface area contributed by atoms with Crippen molar-refractivity contribution in [2.45, 2.75) is 23.5 Å². The molecule has 1 aliphatic heterocycles. The molecule has 4 aromatic rings. The SMILES string of the molecule is CC(Sc1nnc(C2COc3ccccc3O2)o1)c1nnc(-c2cccs2)o1. The predicted octanol–water partition coefficient (Wildman–Crippen LogP) is 4.55. The van der Waals surface area contributed by atoms with E-state index in [1.165, 1.54) is 11.8 Å². The lowest BCUT2D eigenvalue weighted by atomic mass is 10.2. The molecule has 2 atom stereocenters. The fraction of sp³-hybridized carbons (Fsp3) is 0.222. The van der Waals surface area contributed by atoms with Crippen molar-refractivity contribution in [2.75, 3.05) is 6.61 Å². The Hall–Kier alpha value is -2.85. The maximum atomic E-state index is 5.90. The molecule has 10 heteroatoms. The Morgan fingerprint density at radius 3 is 2.79 bits per heavy atom. The number of para-hydroxylation sites is 2. The molecule has 4 heterocycles. The van der Waals surface area contributed by atoms with Crippen molar-refractivity contribution < 1.29 is 18.3 Å². The second-order valence-electron chi connectivity index (χ2n) is 5.95. The number of aromatic nitrogens is 4. The number of hydrogen-bond donors (Lipinski definition) is 0. The molecule has 0 N–H and O–H groups in total. The van der Waals surface area contributed by atoms with Crippen molar-refractivity contribution in [2.24, 2.45) is 0 Å². The van der Waals surface area contributed by atoms with Crippen LogP contribution in [-0.4, -0.2) is 27.0 Å². The maximum Gasteiger partial charge on any atom is 0.277 e. The third kappa shape index (κ3) is 3.36. The van der Waals surface area contributed by atoms with Gasteiger partial charge in [0.1, 0.15) is 6.61 Å². The Labute approximate surface area is 167 Å². The van der Waals surface area contributed by atoms with Gasteiger partial charge in [-0.25, -0.2) is 0 Å². The molecule has 0 saturated heterocycles. The van der Waals surface area contributed by atoms with Crippen LogP contribution in [0.3, 0.4) is 0 Å². The molecule has 0 spiro atoms. The molecule has 0 amide bonds. The molecule has 0 aliphatic carbocycles. The van der Waals surface area contributed by atoms with Crippen LogP contribution in [0.2, 0.25) is 0 Å². The van der Waals surface area contributed by atoms with E-state index in [1.807, 2.05) is 48.7 Å². The fourth-order valence-electron chi connectivity index (χ4n) is 2.64. The number of nitrogens with zero attached hydrogens (tertiary/aromatic N) is 4. The molecule has 0 saturated carbocycles. The molecule has 0 fully saturated rings. The number of benzene rings is 1. The van der Waals surface area contributed by atoms with Gasteiger partial charge in [0.15, 0.2) is 11.5 Å². The van der Waals surface area contributed by atoms with E-state index in [0.717, 1.165) is 4.88 Å². The normalized spacial score (nSPS) is 16.8. The van der Waals surface area contributed by atoms with Gasteiger partial charge in [0, 0.05) is 0 Å². The van der Waals surface area contributed by atoms with Gasteiger partial charge in [-0.2, -0.15) is 0 Å². The molecule has 1 aromatic carbocycles. The first-order chi connectivity index (χ1) is 13.8. The number of thioether (sulfide) groups is 1. The van der Waals surface area contributed by atoms with E-state index >= 15 is 0 Å². The summed E-state index contributed by atoms with van der Waals surface area (Å²) in [7, 11) is 0. The molecular formula is C18H14N4O4S2. The summed E-state index contributed by atoms with van der Waals surface area (Å²) >= 11 is 2.90. The zero-order chi connectivity index (χ0) is 18.9. The minimum atomic E-state index is -0.444. The second-order valence-corrected chi connectivity index (χ2v) is 8.19. The highest BCUT2D eigenvalue weighted by Gasteiger charge is 2.28. The average Bonchev–Trinajstić information content (AvgIpc) is 3.48. The van der Waals surface area contributed by atoms with Gasteiger partial charge in [-0.1, -0.05) is 30.0 Å². The van der Waals surface area contributed by atoms with E-state index in [4.69, 9.17) is 18.3 Å². The van der Waals surface area contributed by atoms with Crippen molar-refractivity contribution in [3.8, 4) is 22.3 Å². The second kappa shape index (κ2) is 7.28. The first kappa shape index (κ1) is 17.3. The summed E-state index contributed by atoms with van der Waals surface area (Å²) in [5.74, 6) is 2.74. The van der Waals surface area contributed by atoms with Gasteiger partial charge >= 0.3 is 0 Å². The van der Waals surface area contributed by atoms with Crippen LogP contribution in [-0.2, 0) is 0 Å². The molecule has 2 unspecified atom stereocenters. The molecule has 0 radical (unpaired) electrons. The molecule has 0 bridgehead atoms. The van der Waals surface area contributed by atoms with Crippen LogP contribution in [0.4, 0.5) is 0 Å². The topological polar surface area (TPSA) is 96.3 Å². The first-order valence-corrected chi connectivity index (χ1v) is 10.3. The minimum absolute atomic E-state index is 0.140. The van der Waals surface area contributed by atoms with E-state index in [1.54, 1.807) is 11.3 Å². The standard InChI is InChI=1S/C18H14N4O4S2/c1-10(15-19-21-17(25-15)14-7-4-8-27-14)28-18-22-20-16(26-18)13-9-23-11-5-2-3-6-12(11)24-13/h2-8,10,13H,9H2,1H3. The van der Waals surface area contributed by atoms with E-state index < -0.39 is 6.10 Å². The van der Waals surface area contributed by atoms with Crippen molar-refractivity contribution in [3.05, 3.63) is 53.6 Å². The lowest BCUT2D eigenvalue weighted by Crippen LogP contribution is -2.21. The third-order valence-electron chi connectivity index (χ3n) is 4.00. The van der Waals surface area contributed by atoms with E-state index in [2.05, 4.69) is 20.4 Å². The van der Waals surface area contributed by atoms with Crippen molar-refractivity contribution in [1.82, 2.24) is 20.4 Å². The summed E-state index contributed by atoms with van der Waals surface area (Å²) < 4.78 is 23.1. The van der Waals surface area contributed by atoms with Crippen LogP contribution in [0.15, 0.2) is 55.8 Å². The van der Waals surface area contributed by atoms with Crippen LogP contribution in [0.5, 0.6) is 11.5 Å². The van der Waals surface area contributed by atoms with E-state index in [9.17, 15) is 0 Å². The number of fused-ring (bicyclic) bond motifs is 1. The number of rotatable bonds is 5. The number of ether oxygens (including phenoxy) is 2. The van der Waals surface area contributed by atoms with Gasteiger partial charge in [0.25, 0.3) is 17.0 Å². The lowest BCUT2D eigenvalue weighted by Gasteiger charge is -2.23. The summed E-state index contributed by atoms with van der Waals surface area (Å²) in [6, 6.07) is 11.4. The fourth-order valence-corrected chi connectivity index (χ4v) is 4.00. The quantitative estimate of drug-likeness (QED) is 0.436. The number of hydrogen-bond acceptors (Lipinski definition) is 10. The smallest absolute Gasteiger partial charge is 0.277 e. The van der Waals surface area contributed by atoms with Crippen molar-refractivity contribution in [1.29, 1.82) is 0 Å². The van der Waals surface area contributed by atoms with Gasteiger partial charge in [-0.3, -0.25) is 0 Å². The van der Waals surface area contributed by atoms with Crippen LogP contribution in [0.25, 0.3) is 10.8 Å². The molecule has 5 rings (SSSR count). The average molecular weight is 414 g/mol. The number of thiophene rings is 1. The van der Waals surface area contributed by atoms with Crippen molar-refractivity contribution >= 4 is 23.1 Å². The molecule has 1 aliphatic rings. The predicted molar refractivity (Wildman–Crippen MR) is 101 cm³/mol. The zero-order valence-corrected chi connectivity index (χ0v) is 16.3. The van der Waals surface area contributed by atoms with Gasteiger partial charge in [-0.15, -0.1) is 31.7 Å². The largest absolute Gasteiger partial charge is 0.485 e. The summed E-state index contributed by atoms with van der Waals surface area (Å²) in [6.45, 7) is 2.25. The highest BCUT2D eigenvalue weighted by Crippen LogP contribution is 2.38. The van der Waals surface area contributed by atoms with Crippen molar-refractivity contribution in [3.63, 3.8) is 0 Å². The van der Waals surface area contributed by atoms with Gasteiger partial charge < -0.3 is 18.3 Å². The minimum Gasteiger partial charge on any atom is -0.485 e. The monoisotopic (exact) mass is 414 g/mol. The van der Waals surface area contributed by atoms with E-state index in [-0.39, 0.29) is 5.25 Å². The zero-order valence-electron chi connectivity index (χ0n) is 14.6. The van der Waals surface area contributed by atoms with Crippen LogP contribution in [0.1, 0.15) is 30.1 Å². The summed E-state index contributed by atoms with van der Waals surface area (Å²) in [6.07, 6.45) is -0.444. The molecular weight excluding hydrogens is 400 g/mol. The lowest BCUT2D eigenvalue weighted by molar-refractivity contribution is 0.0686. The highest BCUT2D eigenvalue weighted by molar-refractivity contribution is 7.99. The summed E-state index contributed by atoms with van der Waals surface area (Å²) in [5.41, 5.74) is 0. The van der Waals surface area contributed by atoms with E-state index in [0.29, 0.717) is 41.0 Å². The van der Waals surface area contributed by atoms with Gasteiger partial charge in [0.05, 0.1) is 10.1 Å². The third-order valence-corrected chi connectivity index (χ3v) is 5.78. The molecule has 8 nitrogen and oxygen atoms in total. The Balaban J connectivity index is 1.27. The Morgan fingerprint density at radius 1 is 1.04 bits per heavy atom. The van der Waals surface area contributed by atoms with Crippen LogP contribution in [0, 0.1) is 0 Å².